The largest absolute Gasteiger partial charge is 0.367 e. The lowest BCUT2D eigenvalue weighted by atomic mass is 10.2. The number of nitrogens with one attached hydrogen (secondary N) is 1. The van der Waals surface area contributed by atoms with Gasteiger partial charge in [0.1, 0.15) is 6.61 Å². The minimum absolute atomic E-state index is 0.0286. The molecule has 2 aromatic rings. The second kappa shape index (κ2) is 9.92. The van der Waals surface area contributed by atoms with Crippen molar-refractivity contribution in [3.05, 3.63) is 58.9 Å². The number of aryl methyl sites for hydroxylation is 1. The molecule has 1 heterocycles. The first kappa shape index (κ1) is 18.1. The van der Waals surface area contributed by atoms with Gasteiger partial charge in [-0.05, 0) is 24.1 Å². The molecule has 0 atom stereocenters. The highest BCUT2D eigenvalue weighted by Crippen LogP contribution is 2.19. The Kier molecular flexibility index (Phi) is 8.18. The summed E-state index contributed by atoms with van der Waals surface area (Å²) in [5.41, 5.74) is 2.45. The summed E-state index contributed by atoms with van der Waals surface area (Å²) < 4.78 is 5.35. The Morgan fingerprint density at radius 2 is 1.95 bits per heavy atom. The highest BCUT2D eigenvalue weighted by Gasteiger charge is 2.07. The minimum Gasteiger partial charge on any atom is -0.367 e. The van der Waals surface area contributed by atoms with Crippen LogP contribution in [0, 0.1) is 6.92 Å². The molecule has 0 aliphatic rings. The molecule has 0 saturated carbocycles. The Morgan fingerprint density at radius 3 is 2.64 bits per heavy atom. The molecule has 1 aromatic heterocycles. The number of ether oxygens (including phenoxy) is 1. The van der Waals surface area contributed by atoms with Gasteiger partial charge < -0.3 is 10.1 Å². The predicted octanol–water partition coefficient (Wildman–Crippen LogP) is 4.22. The first-order chi connectivity index (χ1) is 10.6. The first-order valence-corrected chi connectivity index (χ1v) is 7.56. The van der Waals surface area contributed by atoms with Gasteiger partial charge in [-0.15, -0.1) is 0 Å². The van der Waals surface area contributed by atoms with Crippen molar-refractivity contribution in [1.29, 1.82) is 0 Å². The van der Waals surface area contributed by atoms with Gasteiger partial charge in [0.15, 0.2) is 5.15 Å². The van der Waals surface area contributed by atoms with E-state index in [2.05, 4.69) is 10.3 Å². The summed E-state index contributed by atoms with van der Waals surface area (Å²) in [5.74, 6) is -0.254. The Morgan fingerprint density at radius 1 is 1.27 bits per heavy atom. The lowest BCUT2D eigenvalue weighted by Gasteiger charge is -2.08. The number of amides is 1. The van der Waals surface area contributed by atoms with Crippen molar-refractivity contribution in [2.45, 2.75) is 27.4 Å². The van der Waals surface area contributed by atoms with Gasteiger partial charge in [0.2, 0.25) is 5.91 Å². The third-order valence-corrected chi connectivity index (χ3v) is 2.90. The summed E-state index contributed by atoms with van der Waals surface area (Å²) in [6, 6.07) is 11.4. The molecule has 0 bridgehead atoms. The third kappa shape index (κ3) is 6.24. The SMILES string of the molecule is CC.Cc1cnc(Cl)c(NC(=O)COCc2ccccc2)c1. The monoisotopic (exact) mass is 320 g/mol. The third-order valence-electron chi connectivity index (χ3n) is 2.59. The molecule has 0 fully saturated rings. The molecule has 2 rings (SSSR count). The van der Waals surface area contributed by atoms with Gasteiger partial charge in [0.05, 0.1) is 12.3 Å². The van der Waals surface area contributed by atoms with Gasteiger partial charge >= 0.3 is 0 Å². The van der Waals surface area contributed by atoms with Crippen molar-refractivity contribution in [3.8, 4) is 0 Å². The number of carbonyl (C=O) groups excluding carboxylic acids is 1. The molecule has 22 heavy (non-hydrogen) atoms. The number of carbonyl (C=O) groups is 1. The number of pyridine rings is 1. The number of hydrogen-bond donors (Lipinski definition) is 1. The quantitative estimate of drug-likeness (QED) is 0.839. The van der Waals surface area contributed by atoms with Crippen LogP contribution in [0.15, 0.2) is 42.6 Å². The standard InChI is InChI=1S/C15H15ClN2O2.C2H6/c1-11-7-13(15(16)17-8-11)18-14(19)10-20-9-12-5-3-2-4-6-12;1-2/h2-8H,9-10H2,1H3,(H,18,19);1-2H3. The van der Waals surface area contributed by atoms with Crippen LogP contribution in [0.1, 0.15) is 25.0 Å². The van der Waals surface area contributed by atoms with E-state index in [1.807, 2.05) is 51.1 Å². The molecule has 0 aliphatic heterocycles. The number of rotatable bonds is 5. The molecule has 118 valence electrons. The van der Waals surface area contributed by atoms with Crippen LogP contribution in [0.4, 0.5) is 5.69 Å². The molecule has 5 heteroatoms. The fraction of sp³-hybridized carbons (Fsp3) is 0.294. The van der Waals surface area contributed by atoms with Crippen LogP contribution in [0.25, 0.3) is 0 Å². The van der Waals surface area contributed by atoms with Crippen molar-refractivity contribution in [1.82, 2.24) is 4.98 Å². The van der Waals surface area contributed by atoms with E-state index in [0.717, 1.165) is 11.1 Å². The number of hydrogen-bond acceptors (Lipinski definition) is 3. The number of halogens is 1. The van der Waals surface area contributed by atoms with Crippen molar-refractivity contribution < 1.29 is 9.53 Å². The fourth-order valence-corrected chi connectivity index (χ4v) is 1.81. The van der Waals surface area contributed by atoms with Crippen molar-refractivity contribution in [2.24, 2.45) is 0 Å². The highest BCUT2D eigenvalue weighted by molar-refractivity contribution is 6.32. The molecule has 1 amide bonds. The zero-order chi connectivity index (χ0) is 16.4. The van der Waals surface area contributed by atoms with E-state index < -0.39 is 0 Å². The second-order valence-electron chi connectivity index (χ2n) is 4.38. The van der Waals surface area contributed by atoms with Crippen molar-refractivity contribution in [2.75, 3.05) is 11.9 Å². The second-order valence-corrected chi connectivity index (χ2v) is 4.74. The van der Waals surface area contributed by atoms with Crippen LogP contribution < -0.4 is 5.32 Å². The maximum absolute atomic E-state index is 11.7. The van der Waals surface area contributed by atoms with Crippen molar-refractivity contribution >= 4 is 23.2 Å². The summed E-state index contributed by atoms with van der Waals surface area (Å²) in [7, 11) is 0. The summed E-state index contributed by atoms with van der Waals surface area (Å²) in [6.45, 7) is 6.25. The number of nitrogens with zero attached hydrogens (tertiary/aromatic N) is 1. The lowest BCUT2D eigenvalue weighted by Crippen LogP contribution is -2.18. The van der Waals surface area contributed by atoms with E-state index in [1.165, 1.54) is 0 Å². The van der Waals surface area contributed by atoms with Gasteiger partial charge in [0, 0.05) is 6.20 Å². The highest BCUT2D eigenvalue weighted by atomic mass is 35.5. The average Bonchev–Trinajstić information content (AvgIpc) is 2.54. The zero-order valence-electron chi connectivity index (χ0n) is 13.1. The van der Waals surface area contributed by atoms with E-state index >= 15 is 0 Å². The van der Waals surface area contributed by atoms with Crippen molar-refractivity contribution in [3.63, 3.8) is 0 Å². The molecule has 1 aromatic carbocycles. The smallest absolute Gasteiger partial charge is 0.250 e. The van der Waals surface area contributed by atoms with Gasteiger partial charge in [-0.3, -0.25) is 4.79 Å². The van der Waals surface area contributed by atoms with Gasteiger partial charge in [-0.1, -0.05) is 55.8 Å². The van der Waals surface area contributed by atoms with E-state index in [0.29, 0.717) is 12.3 Å². The van der Waals surface area contributed by atoms with Crippen LogP contribution in [0.5, 0.6) is 0 Å². The van der Waals surface area contributed by atoms with Gasteiger partial charge in [-0.25, -0.2) is 4.98 Å². The van der Waals surface area contributed by atoms with Crippen LogP contribution in [-0.2, 0) is 16.1 Å². The molecule has 0 saturated heterocycles. The predicted molar refractivity (Wildman–Crippen MR) is 90.1 cm³/mol. The number of benzene rings is 1. The Hall–Kier alpha value is -1.91. The molecular formula is C17H21ClN2O2. The van der Waals surface area contributed by atoms with Crippen LogP contribution in [0.2, 0.25) is 5.15 Å². The number of anilines is 1. The van der Waals surface area contributed by atoms with Crippen LogP contribution >= 0.6 is 11.6 Å². The normalized spacial score (nSPS) is 9.64. The lowest BCUT2D eigenvalue weighted by molar-refractivity contribution is -0.121. The fourth-order valence-electron chi connectivity index (χ4n) is 1.66. The van der Waals surface area contributed by atoms with E-state index in [9.17, 15) is 4.79 Å². The summed E-state index contributed by atoms with van der Waals surface area (Å²) >= 11 is 5.90. The van der Waals surface area contributed by atoms with E-state index in [-0.39, 0.29) is 17.7 Å². The van der Waals surface area contributed by atoms with Crippen LogP contribution in [-0.4, -0.2) is 17.5 Å². The summed E-state index contributed by atoms with van der Waals surface area (Å²) in [5, 5.41) is 2.95. The summed E-state index contributed by atoms with van der Waals surface area (Å²) in [6.07, 6.45) is 1.64. The first-order valence-electron chi connectivity index (χ1n) is 7.19. The maximum atomic E-state index is 11.7. The van der Waals surface area contributed by atoms with Gasteiger partial charge in [0.25, 0.3) is 0 Å². The minimum atomic E-state index is -0.254. The molecule has 4 nitrogen and oxygen atoms in total. The number of aromatic nitrogens is 1. The molecule has 1 N–H and O–H groups in total. The summed E-state index contributed by atoms with van der Waals surface area (Å²) in [4.78, 5) is 15.7. The average molecular weight is 321 g/mol. The van der Waals surface area contributed by atoms with Gasteiger partial charge in [-0.2, -0.15) is 0 Å². The van der Waals surface area contributed by atoms with E-state index in [1.54, 1.807) is 12.3 Å². The zero-order valence-corrected chi connectivity index (χ0v) is 13.9. The Labute approximate surface area is 136 Å². The Bertz CT molecular complexity index is 588. The Balaban J connectivity index is 0.00000116. The molecule has 0 aliphatic carbocycles. The topological polar surface area (TPSA) is 51.2 Å². The van der Waals surface area contributed by atoms with E-state index in [4.69, 9.17) is 16.3 Å². The van der Waals surface area contributed by atoms with Crippen LogP contribution in [0.3, 0.4) is 0 Å². The molecular weight excluding hydrogens is 300 g/mol. The molecule has 0 spiro atoms. The molecule has 0 unspecified atom stereocenters. The molecule has 0 radical (unpaired) electrons. The maximum Gasteiger partial charge on any atom is 0.250 e.